The molecule has 0 bridgehead atoms. The maximum absolute atomic E-state index is 14.2. The summed E-state index contributed by atoms with van der Waals surface area (Å²) in [6.45, 7) is 10.3. The SMILES string of the molecule is CCCCCCN(Cc1ccc(C#Cc2ccc(C(C)(C)C)cc2)cc1)c1ccc(F)c(C(=O)OC)c1. The number of hydrogen-bond acceptors (Lipinski definition) is 3. The van der Waals surface area contributed by atoms with Gasteiger partial charge in [-0.25, -0.2) is 9.18 Å². The summed E-state index contributed by atoms with van der Waals surface area (Å²) in [7, 11) is 1.27. The number of ether oxygens (including phenoxy) is 1. The summed E-state index contributed by atoms with van der Waals surface area (Å²) in [5.41, 5.74) is 5.25. The van der Waals surface area contributed by atoms with Crippen molar-refractivity contribution in [2.45, 2.75) is 65.3 Å². The van der Waals surface area contributed by atoms with Gasteiger partial charge in [-0.3, -0.25) is 0 Å². The zero-order valence-electron chi connectivity index (χ0n) is 22.7. The van der Waals surface area contributed by atoms with Gasteiger partial charge in [0, 0.05) is 29.9 Å². The van der Waals surface area contributed by atoms with Gasteiger partial charge in [0.15, 0.2) is 0 Å². The molecular formula is C33H38FNO2. The number of unbranched alkanes of at least 4 members (excludes halogenated alkanes) is 3. The van der Waals surface area contributed by atoms with Crippen molar-refractivity contribution in [3.63, 3.8) is 0 Å². The van der Waals surface area contributed by atoms with E-state index in [0.29, 0.717) is 6.54 Å². The van der Waals surface area contributed by atoms with Gasteiger partial charge in [-0.15, -0.1) is 0 Å². The Labute approximate surface area is 221 Å². The van der Waals surface area contributed by atoms with Crippen LogP contribution in [0.1, 0.15) is 86.0 Å². The highest BCUT2D eigenvalue weighted by molar-refractivity contribution is 5.90. The van der Waals surface area contributed by atoms with Crippen molar-refractivity contribution in [3.8, 4) is 11.8 Å². The molecule has 3 rings (SSSR count). The minimum atomic E-state index is -0.666. The molecule has 0 spiro atoms. The molecule has 0 amide bonds. The van der Waals surface area contributed by atoms with E-state index in [0.717, 1.165) is 48.2 Å². The summed E-state index contributed by atoms with van der Waals surface area (Å²) in [5.74, 6) is 5.27. The first-order valence-electron chi connectivity index (χ1n) is 13.1. The molecule has 4 heteroatoms. The molecule has 3 nitrogen and oxygen atoms in total. The molecule has 0 aliphatic rings. The molecule has 0 radical (unpaired) electrons. The average molecular weight is 500 g/mol. The van der Waals surface area contributed by atoms with Gasteiger partial charge in [-0.2, -0.15) is 0 Å². The summed E-state index contributed by atoms with van der Waals surface area (Å²) in [6, 6.07) is 21.3. The second kappa shape index (κ2) is 13.1. The number of hydrogen-bond donors (Lipinski definition) is 0. The van der Waals surface area contributed by atoms with E-state index >= 15 is 0 Å². The third-order valence-electron chi connectivity index (χ3n) is 6.43. The van der Waals surface area contributed by atoms with E-state index in [2.05, 4.69) is 80.8 Å². The zero-order valence-corrected chi connectivity index (χ0v) is 22.7. The fourth-order valence-electron chi connectivity index (χ4n) is 4.12. The van der Waals surface area contributed by atoms with Crippen molar-refractivity contribution in [2.75, 3.05) is 18.6 Å². The Kier molecular flexibility index (Phi) is 9.92. The Morgan fingerprint density at radius 2 is 1.51 bits per heavy atom. The average Bonchev–Trinajstić information content (AvgIpc) is 2.89. The van der Waals surface area contributed by atoms with Crippen LogP contribution in [-0.2, 0) is 16.7 Å². The lowest BCUT2D eigenvalue weighted by Crippen LogP contribution is -2.24. The number of anilines is 1. The Morgan fingerprint density at radius 3 is 2.08 bits per heavy atom. The van der Waals surface area contributed by atoms with Gasteiger partial charge >= 0.3 is 5.97 Å². The topological polar surface area (TPSA) is 29.5 Å². The van der Waals surface area contributed by atoms with Crippen LogP contribution in [-0.4, -0.2) is 19.6 Å². The number of halogens is 1. The molecule has 0 atom stereocenters. The second-order valence-electron chi connectivity index (χ2n) is 10.4. The Morgan fingerprint density at radius 1 is 0.892 bits per heavy atom. The lowest BCUT2D eigenvalue weighted by molar-refractivity contribution is 0.0595. The van der Waals surface area contributed by atoms with Crippen molar-refractivity contribution in [2.24, 2.45) is 0 Å². The molecule has 0 unspecified atom stereocenters. The van der Waals surface area contributed by atoms with Crippen LogP contribution in [0.15, 0.2) is 66.7 Å². The predicted molar refractivity (Wildman–Crippen MR) is 150 cm³/mol. The molecule has 0 saturated heterocycles. The van der Waals surface area contributed by atoms with Crippen LogP contribution in [0.3, 0.4) is 0 Å². The molecule has 0 fully saturated rings. The van der Waals surface area contributed by atoms with Crippen LogP contribution in [0.2, 0.25) is 0 Å². The first-order valence-corrected chi connectivity index (χ1v) is 13.1. The normalized spacial score (nSPS) is 11.0. The largest absolute Gasteiger partial charge is 0.465 e. The standard InChI is InChI=1S/C33H38FNO2/c1-6-7-8-9-22-35(29-20-21-31(34)30(23-29)32(36)37-5)24-27-14-12-25(13-15-27)10-11-26-16-18-28(19-17-26)33(2,3)4/h12-21,23H,6-9,22,24H2,1-5H3. The van der Waals surface area contributed by atoms with E-state index < -0.39 is 11.8 Å². The van der Waals surface area contributed by atoms with E-state index in [-0.39, 0.29) is 11.0 Å². The third-order valence-corrected chi connectivity index (χ3v) is 6.43. The van der Waals surface area contributed by atoms with Crippen LogP contribution < -0.4 is 4.90 Å². The molecular weight excluding hydrogens is 461 g/mol. The number of nitrogens with zero attached hydrogens (tertiary/aromatic N) is 1. The van der Waals surface area contributed by atoms with Gasteiger partial charge in [-0.1, -0.05) is 83.1 Å². The molecule has 0 N–H and O–H groups in total. The predicted octanol–water partition coefficient (Wildman–Crippen LogP) is 7.90. The highest BCUT2D eigenvalue weighted by atomic mass is 19.1. The zero-order chi connectivity index (χ0) is 26.8. The van der Waals surface area contributed by atoms with Crippen molar-refractivity contribution >= 4 is 11.7 Å². The smallest absolute Gasteiger partial charge is 0.340 e. The third kappa shape index (κ3) is 8.22. The summed E-state index contributed by atoms with van der Waals surface area (Å²) < 4.78 is 19.0. The number of methoxy groups -OCH3 is 1. The molecule has 0 aliphatic carbocycles. The van der Waals surface area contributed by atoms with Crippen molar-refractivity contribution < 1.29 is 13.9 Å². The molecule has 37 heavy (non-hydrogen) atoms. The first kappa shape index (κ1) is 28.0. The number of carbonyl (C=O) groups is 1. The van der Waals surface area contributed by atoms with Crippen molar-refractivity contribution in [1.82, 2.24) is 0 Å². The molecule has 0 aliphatic heterocycles. The van der Waals surface area contributed by atoms with Gasteiger partial charge in [0.05, 0.1) is 12.7 Å². The van der Waals surface area contributed by atoms with Crippen LogP contribution in [0.25, 0.3) is 0 Å². The molecule has 194 valence electrons. The lowest BCUT2D eigenvalue weighted by Gasteiger charge is -2.26. The highest BCUT2D eigenvalue weighted by Crippen LogP contribution is 2.24. The molecule has 3 aromatic carbocycles. The lowest BCUT2D eigenvalue weighted by atomic mass is 9.87. The van der Waals surface area contributed by atoms with Gasteiger partial charge < -0.3 is 9.64 Å². The Balaban J connectivity index is 1.75. The van der Waals surface area contributed by atoms with E-state index in [1.807, 2.05) is 12.1 Å². The van der Waals surface area contributed by atoms with Crippen molar-refractivity contribution in [3.05, 3.63) is 100 Å². The number of rotatable bonds is 9. The van der Waals surface area contributed by atoms with Crippen LogP contribution in [0.5, 0.6) is 0 Å². The van der Waals surface area contributed by atoms with Crippen molar-refractivity contribution in [1.29, 1.82) is 0 Å². The van der Waals surface area contributed by atoms with Crippen LogP contribution in [0, 0.1) is 17.7 Å². The summed E-state index contributed by atoms with van der Waals surface area (Å²) in [5, 5.41) is 0. The molecule has 3 aromatic rings. The van der Waals surface area contributed by atoms with E-state index in [1.54, 1.807) is 12.1 Å². The second-order valence-corrected chi connectivity index (χ2v) is 10.4. The maximum Gasteiger partial charge on any atom is 0.340 e. The Hall–Kier alpha value is -3.58. The van der Waals surface area contributed by atoms with E-state index in [1.165, 1.54) is 25.2 Å². The molecule has 0 saturated carbocycles. The Bertz CT molecular complexity index is 1230. The fraction of sp³-hybridized carbons (Fsp3) is 0.364. The number of carbonyl (C=O) groups excluding carboxylic acids is 1. The summed E-state index contributed by atoms with van der Waals surface area (Å²) in [4.78, 5) is 14.2. The van der Waals surface area contributed by atoms with E-state index in [9.17, 15) is 9.18 Å². The monoisotopic (exact) mass is 499 g/mol. The van der Waals surface area contributed by atoms with Gasteiger partial charge in [0.2, 0.25) is 0 Å². The summed E-state index contributed by atoms with van der Waals surface area (Å²) >= 11 is 0. The quantitative estimate of drug-likeness (QED) is 0.170. The fourth-order valence-corrected chi connectivity index (χ4v) is 4.12. The summed E-state index contributed by atoms with van der Waals surface area (Å²) in [6.07, 6.45) is 4.49. The van der Waals surface area contributed by atoms with Gasteiger partial charge in [0.1, 0.15) is 5.82 Å². The molecule has 0 aromatic heterocycles. The number of benzene rings is 3. The van der Waals surface area contributed by atoms with Crippen LogP contribution >= 0.6 is 0 Å². The minimum absolute atomic E-state index is 0.0419. The van der Waals surface area contributed by atoms with E-state index in [4.69, 9.17) is 4.74 Å². The minimum Gasteiger partial charge on any atom is -0.465 e. The van der Waals surface area contributed by atoms with Crippen LogP contribution in [0.4, 0.5) is 10.1 Å². The van der Waals surface area contributed by atoms with Gasteiger partial charge in [-0.05, 0) is 65.4 Å². The molecule has 0 heterocycles. The highest BCUT2D eigenvalue weighted by Gasteiger charge is 2.16. The van der Waals surface area contributed by atoms with Gasteiger partial charge in [0.25, 0.3) is 0 Å². The maximum atomic E-state index is 14.2. The first-order chi connectivity index (χ1) is 17.7. The number of esters is 1.